The van der Waals surface area contributed by atoms with Crippen LogP contribution in [-0.4, -0.2) is 30.3 Å². The molecule has 1 saturated heterocycles. The van der Waals surface area contributed by atoms with Crippen molar-refractivity contribution in [1.82, 2.24) is 10.5 Å². The summed E-state index contributed by atoms with van der Waals surface area (Å²) in [4.78, 5) is 0. The van der Waals surface area contributed by atoms with Gasteiger partial charge in [0.25, 0.3) is 0 Å². The van der Waals surface area contributed by atoms with Crippen LogP contribution in [0, 0.1) is 0 Å². The summed E-state index contributed by atoms with van der Waals surface area (Å²) in [5.74, 6) is 1.12. The molecule has 0 atom stereocenters. The van der Waals surface area contributed by atoms with Crippen molar-refractivity contribution in [3.05, 3.63) is 77.7 Å². The molecule has 0 amide bonds. The van der Waals surface area contributed by atoms with Gasteiger partial charge in [-0.25, -0.2) is 0 Å². The number of benzene rings is 2. The monoisotopic (exact) mass is 434 g/mol. The molecular formula is C22H21F3N2O4. The molecular weight excluding hydrogens is 413 g/mol. The minimum absolute atomic E-state index is 0.245. The van der Waals surface area contributed by atoms with E-state index in [0.717, 1.165) is 17.0 Å². The zero-order chi connectivity index (χ0) is 21.7. The van der Waals surface area contributed by atoms with Crippen molar-refractivity contribution in [3.8, 4) is 11.5 Å². The first-order valence-corrected chi connectivity index (χ1v) is 9.69. The maximum Gasteiger partial charge on any atom is 0.573 e. The Labute approximate surface area is 176 Å². The largest absolute Gasteiger partial charge is 0.573 e. The zero-order valence-electron chi connectivity index (χ0n) is 16.5. The molecule has 4 rings (SSSR count). The number of nitrogens with one attached hydrogen (secondary N) is 1. The minimum atomic E-state index is -4.70. The van der Waals surface area contributed by atoms with Gasteiger partial charge in [0.2, 0.25) is 0 Å². The number of rotatable bonds is 9. The molecule has 3 aromatic rings. The lowest BCUT2D eigenvalue weighted by Crippen LogP contribution is -2.61. The van der Waals surface area contributed by atoms with E-state index in [1.165, 1.54) is 12.1 Å². The Morgan fingerprint density at radius 3 is 2.39 bits per heavy atom. The van der Waals surface area contributed by atoms with Crippen LogP contribution in [0.3, 0.4) is 0 Å². The molecule has 1 aliphatic heterocycles. The smallest absolute Gasteiger partial charge is 0.486 e. The van der Waals surface area contributed by atoms with Crippen LogP contribution in [0.1, 0.15) is 17.0 Å². The van der Waals surface area contributed by atoms with Crippen molar-refractivity contribution in [2.45, 2.75) is 31.5 Å². The Morgan fingerprint density at radius 1 is 1.00 bits per heavy atom. The number of hydrogen-bond donors (Lipinski definition) is 1. The van der Waals surface area contributed by atoms with Gasteiger partial charge in [-0.2, -0.15) is 0 Å². The van der Waals surface area contributed by atoms with Crippen molar-refractivity contribution in [2.24, 2.45) is 0 Å². The third-order valence-electron chi connectivity index (χ3n) is 4.83. The van der Waals surface area contributed by atoms with E-state index < -0.39 is 6.36 Å². The third-order valence-corrected chi connectivity index (χ3v) is 4.83. The van der Waals surface area contributed by atoms with Gasteiger partial charge in [-0.15, -0.1) is 13.2 Å². The maximum absolute atomic E-state index is 12.3. The first-order chi connectivity index (χ1) is 14.9. The highest BCUT2D eigenvalue weighted by Crippen LogP contribution is 2.25. The van der Waals surface area contributed by atoms with Crippen molar-refractivity contribution < 1.29 is 31.9 Å². The molecule has 2 heterocycles. The Morgan fingerprint density at radius 2 is 1.74 bits per heavy atom. The van der Waals surface area contributed by atoms with E-state index in [4.69, 9.17) is 14.0 Å². The molecule has 1 aliphatic rings. The second kappa shape index (κ2) is 8.99. The van der Waals surface area contributed by atoms with Gasteiger partial charge in [-0.3, -0.25) is 0 Å². The van der Waals surface area contributed by atoms with E-state index in [0.29, 0.717) is 31.9 Å². The van der Waals surface area contributed by atoms with Gasteiger partial charge in [0.1, 0.15) is 18.1 Å². The molecule has 0 spiro atoms. The predicted octanol–water partition coefficient (Wildman–Crippen LogP) is 4.25. The van der Waals surface area contributed by atoms with Gasteiger partial charge >= 0.3 is 6.36 Å². The summed E-state index contributed by atoms with van der Waals surface area (Å²) in [6, 6.07) is 17.1. The third kappa shape index (κ3) is 5.99. The number of aromatic nitrogens is 1. The summed E-state index contributed by atoms with van der Waals surface area (Å²) < 4.78 is 57.1. The lowest BCUT2D eigenvalue weighted by molar-refractivity contribution is -0.274. The van der Waals surface area contributed by atoms with E-state index in [2.05, 4.69) is 15.2 Å². The second-order valence-electron chi connectivity index (χ2n) is 7.38. The van der Waals surface area contributed by atoms with Crippen LogP contribution in [0.4, 0.5) is 13.2 Å². The van der Waals surface area contributed by atoms with Gasteiger partial charge in [0.05, 0.1) is 24.4 Å². The molecule has 1 aromatic heterocycles. The topological polar surface area (TPSA) is 65.8 Å². The molecule has 6 nitrogen and oxygen atoms in total. The van der Waals surface area contributed by atoms with Gasteiger partial charge < -0.3 is 24.1 Å². The molecule has 0 radical (unpaired) electrons. The standard InChI is InChI=1S/C22H21F3N2O4/c23-22(24,25)30-19-8-6-16(7-9-19)12-26-21(14-28-15-21)11-17-10-20(31-27-17)13-29-18-4-2-1-3-5-18/h1-10,26H,11-15H2. The van der Waals surface area contributed by atoms with E-state index in [9.17, 15) is 13.2 Å². The molecule has 164 valence electrons. The summed E-state index contributed by atoms with van der Waals surface area (Å²) in [6.45, 7) is 1.76. The van der Waals surface area contributed by atoms with Gasteiger partial charge in [-0.1, -0.05) is 35.5 Å². The number of halogens is 3. The summed E-state index contributed by atoms with van der Waals surface area (Å²) in [5.41, 5.74) is 1.30. The van der Waals surface area contributed by atoms with Crippen LogP contribution in [0.25, 0.3) is 0 Å². The predicted molar refractivity (Wildman–Crippen MR) is 104 cm³/mol. The molecule has 0 bridgehead atoms. The molecule has 0 saturated carbocycles. The Kier molecular flexibility index (Phi) is 6.15. The average molecular weight is 434 g/mol. The highest BCUT2D eigenvalue weighted by Gasteiger charge is 2.39. The fourth-order valence-electron chi connectivity index (χ4n) is 3.24. The molecule has 2 aromatic carbocycles. The van der Waals surface area contributed by atoms with Crippen molar-refractivity contribution >= 4 is 0 Å². The number of nitrogens with zero attached hydrogens (tertiary/aromatic N) is 1. The Hall–Kier alpha value is -3.04. The van der Waals surface area contributed by atoms with E-state index in [-0.39, 0.29) is 17.9 Å². The summed E-state index contributed by atoms with van der Waals surface area (Å²) in [5, 5.41) is 7.55. The van der Waals surface area contributed by atoms with Crippen molar-refractivity contribution in [3.63, 3.8) is 0 Å². The first-order valence-electron chi connectivity index (χ1n) is 9.69. The second-order valence-corrected chi connectivity index (χ2v) is 7.38. The van der Waals surface area contributed by atoms with E-state index in [1.807, 2.05) is 36.4 Å². The molecule has 31 heavy (non-hydrogen) atoms. The number of para-hydroxylation sites is 1. The summed E-state index contributed by atoms with van der Waals surface area (Å²) in [6.07, 6.45) is -4.10. The Balaban J connectivity index is 1.30. The number of alkyl halides is 3. The Bertz CT molecular complexity index is 970. The van der Waals surface area contributed by atoms with Crippen molar-refractivity contribution in [1.29, 1.82) is 0 Å². The summed E-state index contributed by atoms with van der Waals surface area (Å²) in [7, 11) is 0. The normalized spacial score (nSPS) is 15.3. The fraction of sp³-hybridized carbons (Fsp3) is 0.318. The lowest BCUT2D eigenvalue weighted by Gasteiger charge is -2.42. The average Bonchev–Trinajstić information content (AvgIpc) is 3.16. The van der Waals surface area contributed by atoms with Crippen LogP contribution in [0.5, 0.6) is 11.5 Å². The van der Waals surface area contributed by atoms with Crippen LogP contribution in [0.2, 0.25) is 0 Å². The SMILES string of the molecule is FC(F)(F)Oc1ccc(CNC2(Cc3cc(COc4ccccc4)on3)COC2)cc1. The highest BCUT2D eigenvalue weighted by atomic mass is 19.4. The number of hydrogen-bond acceptors (Lipinski definition) is 6. The van der Waals surface area contributed by atoms with Crippen LogP contribution in [0.15, 0.2) is 65.2 Å². The van der Waals surface area contributed by atoms with E-state index in [1.54, 1.807) is 12.1 Å². The zero-order valence-corrected chi connectivity index (χ0v) is 16.5. The minimum Gasteiger partial charge on any atom is -0.486 e. The van der Waals surface area contributed by atoms with Crippen molar-refractivity contribution in [2.75, 3.05) is 13.2 Å². The van der Waals surface area contributed by atoms with Crippen LogP contribution in [-0.2, 0) is 24.3 Å². The molecule has 0 unspecified atom stereocenters. The molecule has 1 N–H and O–H groups in total. The maximum atomic E-state index is 12.3. The quantitative estimate of drug-likeness (QED) is 0.543. The van der Waals surface area contributed by atoms with Gasteiger partial charge in [0, 0.05) is 19.0 Å². The van der Waals surface area contributed by atoms with E-state index >= 15 is 0 Å². The van der Waals surface area contributed by atoms with Crippen LogP contribution >= 0.6 is 0 Å². The first kappa shape index (κ1) is 21.2. The molecule has 0 aliphatic carbocycles. The van der Waals surface area contributed by atoms with Crippen LogP contribution < -0.4 is 14.8 Å². The number of ether oxygens (including phenoxy) is 3. The molecule has 9 heteroatoms. The van der Waals surface area contributed by atoms with Gasteiger partial charge in [-0.05, 0) is 29.8 Å². The highest BCUT2D eigenvalue weighted by molar-refractivity contribution is 5.28. The summed E-state index contributed by atoms with van der Waals surface area (Å²) >= 11 is 0. The van der Waals surface area contributed by atoms with Gasteiger partial charge in [0.15, 0.2) is 5.76 Å². The lowest BCUT2D eigenvalue weighted by atomic mass is 9.91. The molecule has 1 fully saturated rings. The fourth-order valence-corrected chi connectivity index (χ4v) is 3.24.